The molecule has 21 heavy (non-hydrogen) atoms. The van der Waals surface area contributed by atoms with Gasteiger partial charge in [-0.05, 0) is 28.8 Å². The summed E-state index contributed by atoms with van der Waals surface area (Å²) in [4.78, 5) is 8.31. The maximum Gasteiger partial charge on any atom is 0.216 e. The van der Waals surface area contributed by atoms with Crippen molar-refractivity contribution in [3.05, 3.63) is 53.3 Å². The summed E-state index contributed by atoms with van der Waals surface area (Å²) in [5.74, 6) is 6.25. The Morgan fingerprint density at radius 2 is 2.19 bits per heavy atom. The number of rotatable bonds is 5. The lowest BCUT2D eigenvalue weighted by Gasteiger charge is -2.15. The Morgan fingerprint density at radius 3 is 3.00 bits per heavy atom. The number of hydrogen-bond donors (Lipinski definition) is 2. The van der Waals surface area contributed by atoms with E-state index in [9.17, 15) is 0 Å². The maximum atomic E-state index is 5.71. The lowest BCUT2D eigenvalue weighted by molar-refractivity contribution is 0.394. The highest BCUT2D eigenvalue weighted by atomic mass is 32.1. The van der Waals surface area contributed by atoms with Gasteiger partial charge in [0.05, 0.1) is 18.8 Å². The van der Waals surface area contributed by atoms with Crippen molar-refractivity contribution in [1.29, 1.82) is 0 Å². The molecule has 1 unspecified atom stereocenters. The lowest BCUT2D eigenvalue weighted by Crippen LogP contribution is -2.30. The molecule has 0 aliphatic heterocycles. The van der Waals surface area contributed by atoms with Gasteiger partial charge in [-0.3, -0.25) is 11.3 Å². The van der Waals surface area contributed by atoms with Crippen molar-refractivity contribution in [2.24, 2.45) is 5.84 Å². The first-order chi connectivity index (χ1) is 10.3. The van der Waals surface area contributed by atoms with Gasteiger partial charge in [0, 0.05) is 10.8 Å². The zero-order valence-electron chi connectivity index (χ0n) is 11.6. The SMILES string of the molecule is COc1cc(C(Cc2csc3ccccc23)NN)ncn1. The highest BCUT2D eigenvalue weighted by Crippen LogP contribution is 2.29. The number of nitrogens with one attached hydrogen (secondary N) is 1. The van der Waals surface area contributed by atoms with E-state index in [-0.39, 0.29) is 6.04 Å². The summed E-state index contributed by atoms with van der Waals surface area (Å²) in [5, 5.41) is 3.44. The number of nitrogens with two attached hydrogens (primary N) is 1. The molecule has 0 aliphatic rings. The van der Waals surface area contributed by atoms with Crippen molar-refractivity contribution in [3.8, 4) is 5.88 Å². The second-order valence-corrected chi connectivity index (χ2v) is 5.58. The van der Waals surface area contributed by atoms with Crippen LogP contribution in [0.2, 0.25) is 0 Å². The molecule has 0 bridgehead atoms. The summed E-state index contributed by atoms with van der Waals surface area (Å²) in [6, 6.07) is 10.1. The molecule has 0 saturated carbocycles. The minimum atomic E-state index is -0.0834. The van der Waals surface area contributed by atoms with Gasteiger partial charge in [-0.1, -0.05) is 18.2 Å². The van der Waals surface area contributed by atoms with Gasteiger partial charge >= 0.3 is 0 Å². The van der Waals surface area contributed by atoms with Crippen molar-refractivity contribution in [2.45, 2.75) is 12.5 Å². The topological polar surface area (TPSA) is 73.1 Å². The van der Waals surface area contributed by atoms with E-state index in [1.807, 2.05) is 0 Å². The number of aromatic nitrogens is 2. The molecule has 0 aliphatic carbocycles. The molecule has 5 nitrogen and oxygen atoms in total. The molecular weight excluding hydrogens is 284 g/mol. The van der Waals surface area contributed by atoms with Gasteiger partial charge < -0.3 is 4.74 Å². The summed E-state index contributed by atoms with van der Waals surface area (Å²) >= 11 is 1.74. The molecule has 0 fully saturated rings. The number of methoxy groups -OCH3 is 1. The summed E-state index contributed by atoms with van der Waals surface area (Å²) in [6.45, 7) is 0. The second-order valence-electron chi connectivity index (χ2n) is 4.67. The van der Waals surface area contributed by atoms with Gasteiger partial charge in [0.1, 0.15) is 6.33 Å². The summed E-state index contributed by atoms with van der Waals surface area (Å²) in [6.07, 6.45) is 2.25. The van der Waals surface area contributed by atoms with Crippen LogP contribution in [0.25, 0.3) is 10.1 Å². The van der Waals surface area contributed by atoms with Crippen LogP contribution < -0.4 is 16.0 Å². The minimum absolute atomic E-state index is 0.0834. The fraction of sp³-hybridized carbons (Fsp3) is 0.200. The predicted molar refractivity (Wildman–Crippen MR) is 84.2 cm³/mol. The first-order valence-corrected chi connectivity index (χ1v) is 7.47. The Balaban J connectivity index is 1.90. The average molecular weight is 300 g/mol. The average Bonchev–Trinajstić information content (AvgIpc) is 2.95. The quantitative estimate of drug-likeness (QED) is 0.559. The molecule has 2 aromatic heterocycles. The molecule has 0 radical (unpaired) electrons. The number of fused-ring (bicyclic) bond motifs is 1. The van der Waals surface area contributed by atoms with Crippen LogP contribution in [0.1, 0.15) is 17.3 Å². The Morgan fingerprint density at radius 1 is 1.33 bits per heavy atom. The van der Waals surface area contributed by atoms with E-state index in [4.69, 9.17) is 10.6 Å². The Bertz CT molecular complexity index is 743. The molecule has 108 valence electrons. The van der Waals surface area contributed by atoms with Crippen LogP contribution in [0.15, 0.2) is 42.0 Å². The number of ether oxygens (including phenoxy) is 1. The number of hydrazine groups is 1. The van der Waals surface area contributed by atoms with E-state index < -0.39 is 0 Å². The monoisotopic (exact) mass is 300 g/mol. The third-order valence-electron chi connectivity index (χ3n) is 3.42. The number of benzene rings is 1. The standard InChI is InChI=1S/C15H16N4OS/c1-20-15-7-12(17-9-18-15)13(19-16)6-10-8-21-14-5-3-2-4-11(10)14/h2-5,7-9,13,19H,6,16H2,1H3. The number of nitrogens with zero attached hydrogens (tertiary/aromatic N) is 2. The highest BCUT2D eigenvalue weighted by molar-refractivity contribution is 7.17. The van der Waals surface area contributed by atoms with Crippen molar-refractivity contribution in [1.82, 2.24) is 15.4 Å². The summed E-state index contributed by atoms with van der Waals surface area (Å²) in [7, 11) is 1.59. The van der Waals surface area contributed by atoms with Crippen molar-refractivity contribution < 1.29 is 4.74 Å². The molecule has 0 spiro atoms. The number of hydrogen-bond acceptors (Lipinski definition) is 6. The van der Waals surface area contributed by atoms with Crippen LogP contribution in [0.5, 0.6) is 5.88 Å². The molecule has 0 saturated heterocycles. The Kier molecular flexibility index (Phi) is 4.10. The third-order valence-corrected chi connectivity index (χ3v) is 4.43. The molecule has 1 aromatic carbocycles. The van der Waals surface area contributed by atoms with Crippen LogP contribution in [-0.2, 0) is 6.42 Å². The molecule has 3 N–H and O–H groups in total. The van der Waals surface area contributed by atoms with E-state index in [0.717, 1.165) is 12.1 Å². The molecular formula is C15H16N4OS. The van der Waals surface area contributed by atoms with Gasteiger partial charge in [0.2, 0.25) is 5.88 Å². The van der Waals surface area contributed by atoms with E-state index in [1.165, 1.54) is 22.0 Å². The van der Waals surface area contributed by atoms with E-state index in [2.05, 4.69) is 45.0 Å². The van der Waals surface area contributed by atoms with Crippen LogP contribution in [0, 0.1) is 0 Å². The van der Waals surface area contributed by atoms with Crippen molar-refractivity contribution in [2.75, 3.05) is 7.11 Å². The molecule has 1 atom stereocenters. The molecule has 2 heterocycles. The van der Waals surface area contributed by atoms with E-state index in [0.29, 0.717) is 5.88 Å². The van der Waals surface area contributed by atoms with Crippen LogP contribution in [0.4, 0.5) is 0 Å². The normalized spacial score (nSPS) is 12.5. The lowest BCUT2D eigenvalue weighted by atomic mass is 10.0. The minimum Gasteiger partial charge on any atom is -0.481 e. The van der Waals surface area contributed by atoms with Crippen LogP contribution in [-0.4, -0.2) is 17.1 Å². The first-order valence-electron chi connectivity index (χ1n) is 6.59. The van der Waals surface area contributed by atoms with Gasteiger partial charge in [-0.15, -0.1) is 11.3 Å². The molecule has 0 amide bonds. The van der Waals surface area contributed by atoms with Gasteiger partial charge in [0.15, 0.2) is 0 Å². The maximum absolute atomic E-state index is 5.71. The molecule has 6 heteroatoms. The zero-order chi connectivity index (χ0) is 14.7. The fourth-order valence-corrected chi connectivity index (χ4v) is 3.29. The second kappa shape index (κ2) is 6.17. The summed E-state index contributed by atoms with van der Waals surface area (Å²) < 4.78 is 6.42. The van der Waals surface area contributed by atoms with Crippen LogP contribution in [0.3, 0.4) is 0 Å². The first kappa shape index (κ1) is 13.9. The molecule has 3 rings (SSSR count). The van der Waals surface area contributed by atoms with Gasteiger partial charge in [-0.2, -0.15) is 0 Å². The Labute approximate surface area is 126 Å². The Hall–Kier alpha value is -2.02. The van der Waals surface area contributed by atoms with Crippen molar-refractivity contribution >= 4 is 21.4 Å². The molecule has 3 aromatic rings. The van der Waals surface area contributed by atoms with Crippen LogP contribution >= 0.6 is 11.3 Å². The van der Waals surface area contributed by atoms with Gasteiger partial charge in [-0.25, -0.2) is 9.97 Å². The third kappa shape index (κ3) is 2.87. The predicted octanol–water partition coefficient (Wildman–Crippen LogP) is 2.45. The smallest absolute Gasteiger partial charge is 0.216 e. The largest absolute Gasteiger partial charge is 0.481 e. The fourth-order valence-electron chi connectivity index (χ4n) is 2.32. The van der Waals surface area contributed by atoms with E-state index in [1.54, 1.807) is 24.5 Å². The van der Waals surface area contributed by atoms with Gasteiger partial charge in [0.25, 0.3) is 0 Å². The highest BCUT2D eigenvalue weighted by Gasteiger charge is 2.15. The zero-order valence-corrected chi connectivity index (χ0v) is 12.4. The van der Waals surface area contributed by atoms with Crippen molar-refractivity contribution in [3.63, 3.8) is 0 Å². The number of thiophene rings is 1. The van der Waals surface area contributed by atoms with E-state index >= 15 is 0 Å². The summed E-state index contributed by atoms with van der Waals surface area (Å²) in [5.41, 5.74) is 4.91.